The molecular weight excluding hydrogens is 496 g/mol. The molecule has 194 valence electrons. The average Bonchev–Trinajstić information content (AvgIpc) is 3.63. The van der Waals surface area contributed by atoms with Crippen molar-refractivity contribution in [2.75, 3.05) is 45.6 Å². The van der Waals surface area contributed by atoms with Crippen molar-refractivity contribution >= 4 is 22.0 Å². The van der Waals surface area contributed by atoms with Crippen molar-refractivity contribution in [3.05, 3.63) is 66.3 Å². The molecule has 0 unspecified atom stereocenters. The van der Waals surface area contributed by atoms with Gasteiger partial charge in [-0.25, -0.2) is 23.1 Å². The van der Waals surface area contributed by atoms with Gasteiger partial charge in [-0.1, -0.05) is 6.08 Å². The van der Waals surface area contributed by atoms with Gasteiger partial charge in [-0.2, -0.15) is 9.40 Å². The van der Waals surface area contributed by atoms with Gasteiger partial charge in [0, 0.05) is 50.6 Å². The summed E-state index contributed by atoms with van der Waals surface area (Å²) < 4.78 is 37.8. The predicted octanol–water partition coefficient (Wildman–Crippen LogP) is 1.82. The fourth-order valence-corrected chi connectivity index (χ4v) is 5.03. The molecule has 1 aromatic carbocycles. The SMILES string of the molecule is CS(=O)(=O)N1CCN(C(=O)c2cc(/C=C/CC3OCCO3)nc(-c3ccc(-n4cccn4)cc3)n2)CC1. The lowest BCUT2D eigenvalue weighted by atomic mass is 10.1. The highest BCUT2D eigenvalue weighted by Gasteiger charge is 2.27. The molecule has 2 aliphatic rings. The number of aromatic nitrogens is 4. The Morgan fingerprint density at radius 3 is 2.46 bits per heavy atom. The fraction of sp³-hybridized carbons (Fsp3) is 0.360. The highest BCUT2D eigenvalue weighted by molar-refractivity contribution is 7.88. The Labute approximate surface area is 215 Å². The number of amides is 1. The summed E-state index contributed by atoms with van der Waals surface area (Å²) in [5.41, 5.74) is 2.48. The first-order chi connectivity index (χ1) is 17.9. The Morgan fingerprint density at radius 2 is 1.81 bits per heavy atom. The topological polar surface area (TPSA) is 120 Å². The molecule has 1 amide bonds. The summed E-state index contributed by atoms with van der Waals surface area (Å²) in [4.78, 5) is 24.3. The number of hydrogen-bond donors (Lipinski definition) is 0. The normalized spacial score (nSPS) is 17.6. The first-order valence-corrected chi connectivity index (χ1v) is 13.9. The molecule has 0 bridgehead atoms. The van der Waals surface area contributed by atoms with Gasteiger partial charge in [0.05, 0.1) is 30.9 Å². The number of sulfonamides is 1. The van der Waals surface area contributed by atoms with Crippen LogP contribution in [0.4, 0.5) is 0 Å². The van der Waals surface area contributed by atoms with Gasteiger partial charge in [-0.3, -0.25) is 4.79 Å². The average molecular weight is 525 g/mol. The highest BCUT2D eigenvalue weighted by Crippen LogP contribution is 2.21. The van der Waals surface area contributed by atoms with E-state index in [1.807, 2.05) is 48.7 Å². The minimum Gasteiger partial charge on any atom is -0.350 e. The maximum atomic E-state index is 13.4. The number of carbonyl (C=O) groups excluding carboxylic acids is 1. The molecule has 0 saturated carbocycles. The molecule has 0 aliphatic carbocycles. The lowest BCUT2D eigenvalue weighted by Gasteiger charge is -2.33. The van der Waals surface area contributed by atoms with Gasteiger partial charge in [-0.05, 0) is 42.5 Å². The van der Waals surface area contributed by atoms with E-state index in [0.717, 1.165) is 11.3 Å². The minimum atomic E-state index is -3.29. The molecule has 0 atom stereocenters. The first kappa shape index (κ1) is 25.2. The molecule has 3 aromatic rings. The van der Waals surface area contributed by atoms with Crippen LogP contribution in [0.1, 0.15) is 22.6 Å². The number of piperazine rings is 1. The smallest absolute Gasteiger partial charge is 0.272 e. The first-order valence-electron chi connectivity index (χ1n) is 12.0. The van der Waals surface area contributed by atoms with Crippen LogP contribution in [0.3, 0.4) is 0 Å². The van der Waals surface area contributed by atoms with E-state index >= 15 is 0 Å². The van der Waals surface area contributed by atoms with Gasteiger partial charge in [0.1, 0.15) is 5.69 Å². The molecule has 37 heavy (non-hydrogen) atoms. The number of carbonyl (C=O) groups is 1. The third-order valence-electron chi connectivity index (χ3n) is 6.16. The van der Waals surface area contributed by atoms with Crippen molar-refractivity contribution in [1.82, 2.24) is 29.0 Å². The number of rotatable bonds is 7. The van der Waals surface area contributed by atoms with Crippen LogP contribution < -0.4 is 0 Å². The van der Waals surface area contributed by atoms with Crippen molar-refractivity contribution in [3.63, 3.8) is 0 Å². The van der Waals surface area contributed by atoms with E-state index in [4.69, 9.17) is 9.47 Å². The summed E-state index contributed by atoms with van der Waals surface area (Å²) in [6, 6.07) is 11.1. The Balaban J connectivity index is 1.40. The molecule has 2 aliphatic heterocycles. The molecule has 0 spiro atoms. The van der Waals surface area contributed by atoms with Crippen LogP contribution in [0.25, 0.3) is 23.2 Å². The summed E-state index contributed by atoms with van der Waals surface area (Å²) in [6.07, 6.45) is 8.76. The van der Waals surface area contributed by atoms with E-state index in [1.165, 1.54) is 10.6 Å². The molecule has 11 nitrogen and oxygen atoms in total. The predicted molar refractivity (Wildman–Crippen MR) is 136 cm³/mol. The van der Waals surface area contributed by atoms with Gasteiger partial charge in [0.25, 0.3) is 5.91 Å². The molecule has 0 radical (unpaired) electrons. The quantitative estimate of drug-likeness (QED) is 0.459. The third-order valence-corrected chi connectivity index (χ3v) is 7.47. The van der Waals surface area contributed by atoms with Gasteiger partial charge in [0.15, 0.2) is 12.1 Å². The second-order valence-electron chi connectivity index (χ2n) is 8.76. The van der Waals surface area contributed by atoms with Crippen molar-refractivity contribution in [2.24, 2.45) is 0 Å². The summed E-state index contributed by atoms with van der Waals surface area (Å²) in [7, 11) is -3.29. The van der Waals surface area contributed by atoms with Gasteiger partial charge in [0.2, 0.25) is 10.0 Å². The molecule has 2 fully saturated rings. The monoisotopic (exact) mass is 524 g/mol. The van der Waals surface area contributed by atoms with E-state index in [9.17, 15) is 13.2 Å². The van der Waals surface area contributed by atoms with Crippen molar-refractivity contribution < 1.29 is 22.7 Å². The lowest BCUT2D eigenvalue weighted by molar-refractivity contribution is -0.0379. The Morgan fingerprint density at radius 1 is 1.08 bits per heavy atom. The van der Waals surface area contributed by atoms with E-state index in [1.54, 1.807) is 21.8 Å². The summed E-state index contributed by atoms with van der Waals surface area (Å²) in [5, 5.41) is 4.24. The Bertz CT molecular complexity index is 1360. The van der Waals surface area contributed by atoms with E-state index < -0.39 is 10.0 Å². The number of nitrogens with zero attached hydrogens (tertiary/aromatic N) is 6. The van der Waals surface area contributed by atoms with E-state index in [2.05, 4.69) is 15.1 Å². The van der Waals surface area contributed by atoms with Crippen LogP contribution >= 0.6 is 0 Å². The van der Waals surface area contributed by atoms with Crippen LogP contribution in [-0.2, 0) is 19.5 Å². The van der Waals surface area contributed by atoms with E-state index in [-0.39, 0.29) is 31.0 Å². The molecule has 2 aromatic heterocycles. The van der Waals surface area contributed by atoms with Crippen LogP contribution in [0.2, 0.25) is 0 Å². The van der Waals surface area contributed by atoms with Gasteiger partial charge < -0.3 is 14.4 Å². The standard InChI is InChI=1S/C25H28N6O5S/c1-37(33,34)30-14-12-29(13-15-30)25(32)22-18-20(4-2-5-23-35-16-17-36-23)27-24(28-22)19-6-8-21(9-7-19)31-11-3-10-26-31/h2-4,6-11,18,23H,5,12-17H2,1H3/b4-2+. The third kappa shape index (κ3) is 6.10. The zero-order valence-corrected chi connectivity index (χ0v) is 21.2. The van der Waals surface area contributed by atoms with Crippen LogP contribution in [-0.4, -0.2) is 95.2 Å². The van der Waals surface area contributed by atoms with Crippen LogP contribution in [0, 0.1) is 0 Å². The van der Waals surface area contributed by atoms with Crippen molar-refractivity contribution in [1.29, 1.82) is 0 Å². The van der Waals surface area contributed by atoms with Crippen LogP contribution in [0.15, 0.2) is 54.9 Å². The highest BCUT2D eigenvalue weighted by atomic mass is 32.2. The number of hydrogen-bond acceptors (Lipinski definition) is 8. The second-order valence-corrected chi connectivity index (χ2v) is 10.7. The van der Waals surface area contributed by atoms with E-state index in [0.29, 0.717) is 44.2 Å². The zero-order chi connectivity index (χ0) is 25.8. The van der Waals surface area contributed by atoms with Crippen molar-refractivity contribution in [3.8, 4) is 17.1 Å². The molecule has 12 heteroatoms. The second kappa shape index (κ2) is 10.9. The molecule has 5 rings (SSSR count). The number of benzene rings is 1. The minimum absolute atomic E-state index is 0.252. The zero-order valence-electron chi connectivity index (χ0n) is 20.4. The molecular formula is C25H28N6O5S. The van der Waals surface area contributed by atoms with Crippen molar-refractivity contribution in [2.45, 2.75) is 12.7 Å². The largest absolute Gasteiger partial charge is 0.350 e. The lowest BCUT2D eigenvalue weighted by Crippen LogP contribution is -2.50. The Hall–Kier alpha value is -3.45. The maximum Gasteiger partial charge on any atom is 0.272 e. The van der Waals surface area contributed by atoms with Crippen LogP contribution in [0.5, 0.6) is 0 Å². The maximum absolute atomic E-state index is 13.4. The molecule has 2 saturated heterocycles. The summed E-state index contributed by atoms with van der Waals surface area (Å²) in [5.74, 6) is 0.155. The summed E-state index contributed by atoms with van der Waals surface area (Å²) >= 11 is 0. The van der Waals surface area contributed by atoms with Gasteiger partial charge >= 0.3 is 0 Å². The Kier molecular flexibility index (Phi) is 7.42. The number of ether oxygens (including phenoxy) is 2. The fourth-order valence-electron chi connectivity index (χ4n) is 4.20. The summed E-state index contributed by atoms with van der Waals surface area (Å²) in [6.45, 7) is 2.26. The molecule has 4 heterocycles. The van der Waals surface area contributed by atoms with Gasteiger partial charge in [-0.15, -0.1) is 0 Å². The molecule has 0 N–H and O–H groups in total.